The highest BCUT2D eigenvalue weighted by Gasteiger charge is 2.20. The van der Waals surface area contributed by atoms with Crippen LogP contribution in [0.4, 0.5) is 0 Å². The summed E-state index contributed by atoms with van der Waals surface area (Å²) in [6, 6.07) is 10.6. The number of carbonyl (C=O) groups excluding carboxylic acids is 1. The molecule has 1 fully saturated rings. The highest BCUT2D eigenvalue weighted by molar-refractivity contribution is 5.96. The van der Waals surface area contributed by atoms with Crippen molar-refractivity contribution in [3.8, 4) is 5.69 Å². The first-order chi connectivity index (χ1) is 11.1. The van der Waals surface area contributed by atoms with Crippen molar-refractivity contribution in [2.45, 2.75) is 39.7 Å². The number of piperidine rings is 1. The summed E-state index contributed by atoms with van der Waals surface area (Å²) in [6.07, 6.45) is 2.00. The lowest BCUT2D eigenvalue weighted by Crippen LogP contribution is -2.42. The van der Waals surface area contributed by atoms with Crippen molar-refractivity contribution in [2.24, 2.45) is 0 Å². The van der Waals surface area contributed by atoms with Crippen molar-refractivity contribution in [3.05, 3.63) is 52.8 Å². The number of aromatic nitrogens is 1. The Kier molecular flexibility index (Phi) is 4.53. The van der Waals surface area contributed by atoms with Crippen LogP contribution in [0, 0.1) is 20.8 Å². The van der Waals surface area contributed by atoms with E-state index in [2.05, 4.69) is 53.3 Å². The maximum absolute atomic E-state index is 12.7. The van der Waals surface area contributed by atoms with Gasteiger partial charge in [0.25, 0.3) is 5.91 Å². The standard InChI is InChI=1S/C19H25N3O/c1-13-5-4-6-17(11-13)22-14(2)12-18(15(22)3)19(23)21-16-7-9-20-10-8-16/h4-6,11-12,16,20H,7-10H2,1-3H3,(H,21,23). The van der Waals surface area contributed by atoms with Gasteiger partial charge in [0.2, 0.25) is 0 Å². The lowest BCUT2D eigenvalue weighted by molar-refractivity contribution is 0.0929. The first-order valence-corrected chi connectivity index (χ1v) is 8.34. The van der Waals surface area contributed by atoms with Crippen LogP contribution in [-0.2, 0) is 0 Å². The SMILES string of the molecule is Cc1cccc(-n2c(C)cc(C(=O)NC3CCNCC3)c2C)c1. The zero-order valence-electron chi connectivity index (χ0n) is 14.1. The largest absolute Gasteiger partial charge is 0.349 e. The third kappa shape index (κ3) is 3.32. The van der Waals surface area contributed by atoms with E-state index >= 15 is 0 Å². The molecule has 0 unspecified atom stereocenters. The van der Waals surface area contributed by atoms with Gasteiger partial charge in [-0.25, -0.2) is 0 Å². The number of benzene rings is 1. The maximum atomic E-state index is 12.7. The van der Waals surface area contributed by atoms with Crippen LogP contribution in [0.3, 0.4) is 0 Å². The van der Waals surface area contributed by atoms with Crippen LogP contribution >= 0.6 is 0 Å². The molecule has 0 spiro atoms. The van der Waals surface area contributed by atoms with Gasteiger partial charge in [0.1, 0.15) is 0 Å². The summed E-state index contributed by atoms with van der Waals surface area (Å²) in [7, 11) is 0. The molecule has 1 aliphatic heterocycles. The van der Waals surface area contributed by atoms with E-state index in [9.17, 15) is 4.79 Å². The Labute approximate surface area is 137 Å². The third-order valence-corrected chi connectivity index (χ3v) is 4.61. The molecule has 2 N–H and O–H groups in total. The molecule has 1 saturated heterocycles. The fourth-order valence-corrected chi connectivity index (χ4v) is 3.39. The summed E-state index contributed by atoms with van der Waals surface area (Å²) < 4.78 is 2.16. The van der Waals surface area contributed by atoms with Crippen LogP contribution in [0.5, 0.6) is 0 Å². The number of aryl methyl sites for hydroxylation is 2. The molecule has 1 aliphatic rings. The van der Waals surface area contributed by atoms with Crippen LogP contribution in [0.2, 0.25) is 0 Å². The number of nitrogens with zero attached hydrogens (tertiary/aromatic N) is 1. The molecule has 0 bridgehead atoms. The van der Waals surface area contributed by atoms with Gasteiger partial charge in [0, 0.05) is 23.1 Å². The predicted molar refractivity (Wildman–Crippen MR) is 93.3 cm³/mol. The number of rotatable bonds is 3. The Balaban J connectivity index is 1.86. The highest BCUT2D eigenvalue weighted by Crippen LogP contribution is 2.22. The number of hydrogen-bond donors (Lipinski definition) is 2. The van der Waals surface area contributed by atoms with Crippen molar-refractivity contribution in [2.75, 3.05) is 13.1 Å². The van der Waals surface area contributed by atoms with Crippen LogP contribution in [0.1, 0.15) is 40.2 Å². The third-order valence-electron chi connectivity index (χ3n) is 4.61. The van der Waals surface area contributed by atoms with Gasteiger partial charge in [0.05, 0.1) is 5.56 Å². The number of carbonyl (C=O) groups is 1. The van der Waals surface area contributed by atoms with E-state index in [1.807, 2.05) is 13.0 Å². The van der Waals surface area contributed by atoms with E-state index in [1.54, 1.807) is 0 Å². The highest BCUT2D eigenvalue weighted by atomic mass is 16.1. The van der Waals surface area contributed by atoms with E-state index in [1.165, 1.54) is 5.56 Å². The van der Waals surface area contributed by atoms with Crippen molar-refractivity contribution in [3.63, 3.8) is 0 Å². The molecule has 0 radical (unpaired) electrons. The summed E-state index contributed by atoms with van der Waals surface area (Å²) in [4.78, 5) is 12.7. The molecule has 3 rings (SSSR count). The summed E-state index contributed by atoms with van der Waals surface area (Å²) in [6.45, 7) is 8.12. The second-order valence-electron chi connectivity index (χ2n) is 6.46. The van der Waals surface area contributed by atoms with Crippen LogP contribution in [0.25, 0.3) is 5.69 Å². The topological polar surface area (TPSA) is 46.1 Å². The number of amides is 1. The monoisotopic (exact) mass is 311 g/mol. The quantitative estimate of drug-likeness (QED) is 0.915. The first-order valence-electron chi connectivity index (χ1n) is 8.34. The molecule has 4 nitrogen and oxygen atoms in total. The molecule has 0 aliphatic carbocycles. The van der Waals surface area contributed by atoms with Gasteiger partial charge < -0.3 is 15.2 Å². The zero-order valence-corrected chi connectivity index (χ0v) is 14.1. The smallest absolute Gasteiger partial charge is 0.253 e. The Morgan fingerprint density at radius 3 is 2.61 bits per heavy atom. The van der Waals surface area contributed by atoms with Gasteiger partial charge in [-0.2, -0.15) is 0 Å². The van der Waals surface area contributed by atoms with Crippen molar-refractivity contribution >= 4 is 5.91 Å². The Morgan fingerprint density at radius 1 is 1.17 bits per heavy atom. The van der Waals surface area contributed by atoms with Gasteiger partial charge in [0.15, 0.2) is 0 Å². The fourth-order valence-electron chi connectivity index (χ4n) is 3.39. The molecule has 122 valence electrons. The second-order valence-corrected chi connectivity index (χ2v) is 6.46. The molecule has 0 saturated carbocycles. The average Bonchev–Trinajstić information content (AvgIpc) is 2.83. The fraction of sp³-hybridized carbons (Fsp3) is 0.421. The summed E-state index contributed by atoms with van der Waals surface area (Å²) >= 11 is 0. The minimum Gasteiger partial charge on any atom is -0.349 e. The maximum Gasteiger partial charge on any atom is 0.253 e. The van der Waals surface area contributed by atoms with Gasteiger partial charge in [-0.15, -0.1) is 0 Å². The Hall–Kier alpha value is -2.07. The van der Waals surface area contributed by atoms with E-state index < -0.39 is 0 Å². The summed E-state index contributed by atoms with van der Waals surface area (Å²) in [5, 5.41) is 6.51. The molecule has 1 aromatic carbocycles. The van der Waals surface area contributed by atoms with Gasteiger partial charge in [-0.1, -0.05) is 12.1 Å². The van der Waals surface area contributed by atoms with E-state index in [4.69, 9.17) is 0 Å². The van der Waals surface area contributed by atoms with Crippen LogP contribution < -0.4 is 10.6 Å². The Morgan fingerprint density at radius 2 is 1.91 bits per heavy atom. The molecular formula is C19H25N3O. The molecule has 1 aromatic heterocycles. The molecule has 2 aromatic rings. The van der Waals surface area contributed by atoms with Crippen molar-refractivity contribution in [1.29, 1.82) is 0 Å². The average molecular weight is 311 g/mol. The van der Waals surface area contributed by atoms with Gasteiger partial charge >= 0.3 is 0 Å². The van der Waals surface area contributed by atoms with Crippen molar-refractivity contribution < 1.29 is 4.79 Å². The summed E-state index contributed by atoms with van der Waals surface area (Å²) in [5.41, 5.74) is 5.20. The molecule has 1 amide bonds. The molecule has 23 heavy (non-hydrogen) atoms. The predicted octanol–water partition coefficient (Wildman–Crippen LogP) is 2.88. The first kappa shape index (κ1) is 15.8. The normalized spacial score (nSPS) is 15.6. The van der Waals surface area contributed by atoms with Gasteiger partial charge in [-0.3, -0.25) is 4.79 Å². The van der Waals surface area contributed by atoms with Gasteiger partial charge in [-0.05, 0) is 70.5 Å². The lowest BCUT2D eigenvalue weighted by atomic mass is 10.1. The molecule has 2 heterocycles. The van der Waals surface area contributed by atoms with Crippen molar-refractivity contribution in [1.82, 2.24) is 15.2 Å². The van der Waals surface area contributed by atoms with E-state index in [0.29, 0.717) is 0 Å². The second kappa shape index (κ2) is 6.59. The van der Waals surface area contributed by atoms with Crippen LogP contribution in [-0.4, -0.2) is 29.6 Å². The van der Waals surface area contributed by atoms with E-state index in [-0.39, 0.29) is 11.9 Å². The minimum atomic E-state index is 0.0453. The Bertz CT molecular complexity index is 711. The molecular weight excluding hydrogens is 286 g/mol. The lowest BCUT2D eigenvalue weighted by Gasteiger charge is -2.23. The zero-order chi connectivity index (χ0) is 16.4. The number of hydrogen-bond acceptors (Lipinski definition) is 2. The van der Waals surface area contributed by atoms with Crippen LogP contribution in [0.15, 0.2) is 30.3 Å². The van der Waals surface area contributed by atoms with E-state index in [0.717, 1.165) is 48.6 Å². The summed E-state index contributed by atoms with van der Waals surface area (Å²) in [5.74, 6) is 0.0453. The number of nitrogens with one attached hydrogen (secondary N) is 2. The molecule has 4 heteroatoms. The minimum absolute atomic E-state index is 0.0453. The molecule has 0 atom stereocenters.